The number of halogens is 1. The molecule has 9 nitrogen and oxygen atoms in total. The number of hydrogen-bond acceptors (Lipinski definition) is 8. The first-order chi connectivity index (χ1) is 19.5. The van der Waals surface area contributed by atoms with E-state index in [0.717, 1.165) is 21.9 Å². The molecule has 41 heavy (non-hydrogen) atoms. The molecule has 3 rings (SSSR count). The monoisotopic (exact) mass is 605 g/mol. The van der Waals surface area contributed by atoms with Crippen LogP contribution in [-0.2, 0) is 23.0 Å². The second-order valence-corrected chi connectivity index (χ2v) is 12.9. The molecule has 0 N–H and O–H groups in total. The molecule has 0 unspecified atom stereocenters. The molecule has 1 aromatic heterocycles. The van der Waals surface area contributed by atoms with Crippen LogP contribution < -0.4 is 9.47 Å². The van der Waals surface area contributed by atoms with Gasteiger partial charge in [0.05, 0.1) is 20.8 Å². The van der Waals surface area contributed by atoms with Crippen LogP contribution in [0.3, 0.4) is 0 Å². The molecule has 0 aliphatic carbocycles. The summed E-state index contributed by atoms with van der Waals surface area (Å²) in [4.78, 5) is 33.3. The molecule has 0 radical (unpaired) electrons. The van der Waals surface area contributed by atoms with E-state index in [1.807, 2.05) is 37.3 Å². The van der Waals surface area contributed by atoms with Crippen LogP contribution in [0.1, 0.15) is 48.3 Å². The Kier molecular flexibility index (Phi) is 11.4. The SMILES string of the molecule is COc1cc(C(=O)N(CCCc2ccccc2)Cc2nc(C(=O)CS(=O)(=O)N(C)CCF)c(C)s2)cc(OC)c1C. The van der Waals surface area contributed by atoms with Gasteiger partial charge in [-0.05, 0) is 44.4 Å². The van der Waals surface area contributed by atoms with E-state index in [4.69, 9.17) is 9.47 Å². The van der Waals surface area contributed by atoms with Gasteiger partial charge in [0, 0.05) is 36.1 Å². The second-order valence-electron chi connectivity index (χ2n) is 9.52. The Hall–Kier alpha value is -3.35. The van der Waals surface area contributed by atoms with E-state index in [9.17, 15) is 22.4 Å². The number of benzene rings is 2. The Morgan fingerprint density at radius 2 is 1.66 bits per heavy atom. The summed E-state index contributed by atoms with van der Waals surface area (Å²) in [6, 6.07) is 13.3. The molecule has 0 atom stereocenters. The molecule has 0 saturated heterocycles. The van der Waals surface area contributed by atoms with Crippen LogP contribution in [0.5, 0.6) is 11.5 Å². The minimum atomic E-state index is -3.98. The highest BCUT2D eigenvalue weighted by Crippen LogP contribution is 2.30. The molecule has 0 aliphatic rings. The molecule has 0 bridgehead atoms. The average molecular weight is 606 g/mol. The fourth-order valence-electron chi connectivity index (χ4n) is 4.31. The van der Waals surface area contributed by atoms with Gasteiger partial charge in [0.15, 0.2) is 5.78 Å². The predicted molar refractivity (Wildman–Crippen MR) is 157 cm³/mol. The quantitative estimate of drug-likeness (QED) is 0.236. The lowest BCUT2D eigenvalue weighted by Crippen LogP contribution is -2.34. The molecular formula is C29H36FN3O6S2. The molecule has 1 heterocycles. The van der Waals surface area contributed by atoms with Crippen LogP contribution in [0.25, 0.3) is 0 Å². The fourth-order valence-corrected chi connectivity index (χ4v) is 6.31. The van der Waals surface area contributed by atoms with Crippen molar-refractivity contribution in [1.29, 1.82) is 0 Å². The van der Waals surface area contributed by atoms with E-state index in [2.05, 4.69) is 4.98 Å². The maximum absolute atomic E-state index is 13.8. The number of methoxy groups -OCH3 is 2. The minimum absolute atomic E-state index is 0.0394. The third-order valence-electron chi connectivity index (χ3n) is 6.64. The number of alkyl halides is 1. The van der Waals surface area contributed by atoms with Gasteiger partial charge >= 0.3 is 0 Å². The summed E-state index contributed by atoms with van der Waals surface area (Å²) in [5.41, 5.74) is 2.34. The maximum atomic E-state index is 13.8. The number of rotatable bonds is 15. The molecule has 2 aromatic carbocycles. The van der Waals surface area contributed by atoms with Gasteiger partial charge < -0.3 is 14.4 Å². The number of ketones is 1. The Labute approximate surface area is 245 Å². The number of hydrogen-bond donors (Lipinski definition) is 0. The molecule has 12 heteroatoms. The number of carbonyl (C=O) groups is 2. The topological polar surface area (TPSA) is 106 Å². The number of aryl methyl sites for hydroxylation is 2. The highest BCUT2D eigenvalue weighted by Gasteiger charge is 2.27. The number of thiazole rings is 1. The number of ether oxygens (including phenoxy) is 2. The number of amides is 1. The van der Waals surface area contributed by atoms with E-state index in [-0.39, 0.29) is 24.7 Å². The summed E-state index contributed by atoms with van der Waals surface area (Å²) < 4.78 is 49.3. The van der Waals surface area contributed by atoms with Crippen molar-refractivity contribution in [3.8, 4) is 11.5 Å². The Balaban J connectivity index is 1.87. The molecule has 0 fully saturated rings. The van der Waals surface area contributed by atoms with Gasteiger partial charge in [0.1, 0.15) is 34.6 Å². The standard InChI is InChI=1S/C29H36FN3O6S2/c1-20-25(38-4)16-23(17-26(20)39-5)29(35)33(14-9-12-22-10-7-6-8-11-22)18-27-31-28(21(2)40-27)24(34)19-41(36,37)32(3)15-13-30/h6-8,10-11,16-17H,9,12-15,18-19H2,1-5H3. The molecule has 0 aliphatic heterocycles. The highest BCUT2D eigenvalue weighted by atomic mass is 32.2. The number of carbonyl (C=O) groups excluding carboxylic acids is 2. The van der Waals surface area contributed by atoms with Crippen LogP contribution >= 0.6 is 11.3 Å². The second kappa shape index (κ2) is 14.5. The Morgan fingerprint density at radius 3 is 2.24 bits per heavy atom. The van der Waals surface area contributed by atoms with Crippen molar-refractivity contribution in [2.24, 2.45) is 0 Å². The van der Waals surface area contributed by atoms with Crippen molar-refractivity contribution in [3.05, 3.63) is 74.7 Å². The van der Waals surface area contributed by atoms with E-state index in [1.165, 1.54) is 32.6 Å². The first-order valence-electron chi connectivity index (χ1n) is 13.1. The van der Waals surface area contributed by atoms with Crippen molar-refractivity contribution >= 4 is 33.1 Å². The number of aromatic nitrogens is 1. The van der Waals surface area contributed by atoms with Gasteiger partial charge in [0.25, 0.3) is 5.91 Å². The lowest BCUT2D eigenvalue weighted by molar-refractivity contribution is 0.0740. The molecule has 222 valence electrons. The molecule has 1 amide bonds. The maximum Gasteiger partial charge on any atom is 0.254 e. The number of nitrogens with zero attached hydrogens (tertiary/aromatic N) is 3. The van der Waals surface area contributed by atoms with Gasteiger partial charge in [0.2, 0.25) is 10.0 Å². The zero-order chi connectivity index (χ0) is 30.2. The van der Waals surface area contributed by atoms with E-state index < -0.39 is 28.2 Å². The fraction of sp³-hybridized carbons (Fsp3) is 0.414. The van der Waals surface area contributed by atoms with Crippen LogP contribution in [0.4, 0.5) is 4.39 Å². The minimum Gasteiger partial charge on any atom is -0.496 e. The third kappa shape index (κ3) is 8.34. The van der Waals surface area contributed by atoms with Crippen molar-refractivity contribution in [3.63, 3.8) is 0 Å². The summed E-state index contributed by atoms with van der Waals surface area (Å²) in [6.07, 6.45) is 1.45. The van der Waals surface area contributed by atoms with Gasteiger partial charge in [-0.25, -0.2) is 22.1 Å². The van der Waals surface area contributed by atoms with Crippen LogP contribution in [0.15, 0.2) is 42.5 Å². The van der Waals surface area contributed by atoms with Crippen LogP contribution in [0.2, 0.25) is 0 Å². The van der Waals surface area contributed by atoms with E-state index >= 15 is 0 Å². The van der Waals surface area contributed by atoms with Crippen molar-refractivity contribution in [2.45, 2.75) is 33.2 Å². The van der Waals surface area contributed by atoms with E-state index in [0.29, 0.717) is 39.9 Å². The van der Waals surface area contributed by atoms with Crippen LogP contribution in [0, 0.1) is 13.8 Å². The summed E-state index contributed by atoms with van der Waals surface area (Å²) >= 11 is 1.23. The lowest BCUT2D eigenvalue weighted by Gasteiger charge is -2.23. The normalized spacial score (nSPS) is 11.5. The van der Waals surface area contributed by atoms with Gasteiger partial charge in [-0.1, -0.05) is 30.3 Å². The Bertz CT molecular complexity index is 1440. The molecule has 0 spiro atoms. The summed E-state index contributed by atoms with van der Waals surface area (Å²) in [7, 11) is 0.303. The highest BCUT2D eigenvalue weighted by molar-refractivity contribution is 7.89. The lowest BCUT2D eigenvalue weighted by atomic mass is 10.1. The van der Waals surface area contributed by atoms with Gasteiger partial charge in [-0.15, -0.1) is 11.3 Å². The van der Waals surface area contributed by atoms with Gasteiger partial charge in [-0.3, -0.25) is 9.59 Å². The third-order valence-corrected chi connectivity index (χ3v) is 9.36. The predicted octanol–water partition coefficient (Wildman–Crippen LogP) is 4.47. The van der Waals surface area contributed by atoms with Crippen molar-refractivity contribution in [2.75, 3.05) is 46.8 Å². The van der Waals surface area contributed by atoms with Crippen LogP contribution in [-0.4, -0.2) is 81.1 Å². The van der Waals surface area contributed by atoms with Crippen molar-refractivity contribution < 1.29 is 31.9 Å². The first kappa shape index (κ1) is 32.2. The molecule has 0 saturated carbocycles. The van der Waals surface area contributed by atoms with Crippen molar-refractivity contribution in [1.82, 2.24) is 14.2 Å². The molecular weight excluding hydrogens is 569 g/mol. The summed E-state index contributed by atoms with van der Waals surface area (Å²) in [5, 5.41) is 0.500. The number of Topliss-reactive ketones (excluding diaryl/α,β-unsaturated/α-hetero) is 1. The van der Waals surface area contributed by atoms with E-state index in [1.54, 1.807) is 24.0 Å². The smallest absolute Gasteiger partial charge is 0.254 e. The Morgan fingerprint density at radius 1 is 1.02 bits per heavy atom. The number of sulfonamides is 1. The van der Waals surface area contributed by atoms with Gasteiger partial charge in [-0.2, -0.15) is 0 Å². The first-order valence-corrected chi connectivity index (χ1v) is 15.5. The summed E-state index contributed by atoms with van der Waals surface area (Å²) in [6.45, 7) is 2.89. The largest absolute Gasteiger partial charge is 0.496 e. The zero-order valence-electron chi connectivity index (χ0n) is 24.0. The average Bonchev–Trinajstić information content (AvgIpc) is 3.32. The molecule has 3 aromatic rings. The summed E-state index contributed by atoms with van der Waals surface area (Å²) in [5.74, 6) is -0.699. The zero-order valence-corrected chi connectivity index (χ0v) is 25.6.